The molecule has 2 N–H and O–H groups in total. The number of nitrogens with one attached hydrogen (secondary N) is 2. The van der Waals surface area contributed by atoms with Crippen LogP contribution < -0.4 is 10.6 Å². The summed E-state index contributed by atoms with van der Waals surface area (Å²) >= 11 is 0. The van der Waals surface area contributed by atoms with Gasteiger partial charge in [-0.3, -0.25) is 4.79 Å². The van der Waals surface area contributed by atoms with Crippen LogP contribution in [-0.4, -0.2) is 25.5 Å². The second kappa shape index (κ2) is 6.20. The molecule has 0 unspecified atom stereocenters. The van der Waals surface area contributed by atoms with E-state index >= 15 is 0 Å². The number of carbonyl (C=O) groups excluding carboxylic acids is 1. The fraction of sp³-hybridized carbons (Fsp3) is 0.786. The van der Waals surface area contributed by atoms with E-state index in [4.69, 9.17) is 0 Å². The highest BCUT2D eigenvalue weighted by Gasteiger charge is 2.24. The Kier molecular flexibility index (Phi) is 4.60. The first-order chi connectivity index (χ1) is 8.25. The standard InChI is InChI=1S/C14H24N2O/c1-11-2-4-13(5-3-11)14(17)16-10-12-6-8-15-9-7-12/h6,11,13,15H,2-5,7-10H2,1H3,(H,16,17). The fourth-order valence-electron chi connectivity index (χ4n) is 2.70. The number of amides is 1. The number of hydrogen-bond acceptors (Lipinski definition) is 2. The average molecular weight is 236 g/mol. The molecule has 0 bridgehead atoms. The molecular formula is C14H24N2O. The Labute approximate surface area is 104 Å². The fourth-order valence-corrected chi connectivity index (χ4v) is 2.70. The number of hydrogen-bond donors (Lipinski definition) is 2. The van der Waals surface area contributed by atoms with Gasteiger partial charge in [-0.1, -0.05) is 18.6 Å². The number of rotatable bonds is 3. The predicted octanol–water partition coefficient (Wildman–Crippen LogP) is 1.85. The minimum atomic E-state index is 0.272. The molecule has 0 aromatic heterocycles. The van der Waals surface area contributed by atoms with Crippen molar-refractivity contribution >= 4 is 5.91 Å². The third-order valence-electron chi connectivity index (χ3n) is 4.03. The zero-order valence-electron chi connectivity index (χ0n) is 10.8. The lowest BCUT2D eigenvalue weighted by atomic mass is 9.82. The molecule has 3 heteroatoms. The Hall–Kier alpha value is -0.830. The van der Waals surface area contributed by atoms with E-state index in [1.165, 1.54) is 18.4 Å². The average Bonchev–Trinajstić information content (AvgIpc) is 2.38. The summed E-state index contributed by atoms with van der Waals surface area (Å²) in [6, 6.07) is 0. The van der Waals surface area contributed by atoms with Crippen molar-refractivity contribution in [3.63, 3.8) is 0 Å². The Morgan fingerprint density at radius 3 is 2.82 bits per heavy atom. The first-order valence-electron chi connectivity index (χ1n) is 6.92. The molecule has 1 aliphatic carbocycles. The maximum Gasteiger partial charge on any atom is 0.223 e. The molecule has 2 rings (SSSR count). The van der Waals surface area contributed by atoms with Crippen molar-refractivity contribution in [3.05, 3.63) is 11.6 Å². The maximum absolute atomic E-state index is 12.0. The van der Waals surface area contributed by atoms with Gasteiger partial charge in [0.25, 0.3) is 0 Å². The van der Waals surface area contributed by atoms with Gasteiger partial charge in [-0.25, -0.2) is 0 Å². The molecule has 1 fully saturated rings. The lowest BCUT2D eigenvalue weighted by Gasteiger charge is -2.25. The number of carbonyl (C=O) groups is 1. The SMILES string of the molecule is CC1CCC(C(=O)NCC2=CCNCC2)CC1. The van der Waals surface area contributed by atoms with E-state index in [-0.39, 0.29) is 11.8 Å². The molecule has 17 heavy (non-hydrogen) atoms. The second-order valence-electron chi connectivity index (χ2n) is 5.49. The quantitative estimate of drug-likeness (QED) is 0.734. The molecule has 0 saturated heterocycles. The highest BCUT2D eigenvalue weighted by Crippen LogP contribution is 2.28. The van der Waals surface area contributed by atoms with E-state index in [9.17, 15) is 4.79 Å². The highest BCUT2D eigenvalue weighted by molar-refractivity contribution is 5.78. The lowest BCUT2D eigenvalue weighted by molar-refractivity contribution is -0.126. The second-order valence-corrected chi connectivity index (χ2v) is 5.49. The molecule has 3 nitrogen and oxygen atoms in total. The van der Waals surface area contributed by atoms with Gasteiger partial charge in [-0.2, -0.15) is 0 Å². The first kappa shape index (κ1) is 12.6. The third kappa shape index (κ3) is 3.84. The van der Waals surface area contributed by atoms with Crippen molar-refractivity contribution in [2.24, 2.45) is 11.8 Å². The van der Waals surface area contributed by atoms with Crippen LogP contribution >= 0.6 is 0 Å². The van der Waals surface area contributed by atoms with Crippen LogP contribution in [0.3, 0.4) is 0 Å². The van der Waals surface area contributed by atoms with Gasteiger partial charge in [0.2, 0.25) is 5.91 Å². The summed E-state index contributed by atoms with van der Waals surface area (Å²) in [6.07, 6.45) is 7.85. The molecule has 0 spiro atoms. The zero-order valence-corrected chi connectivity index (χ0v) is 10.8. The molecule has 0 atom stereocenters. The summed E-state index contributed by atoms with van der Waals surface area (Å²) in [4.78, 5) is 12.0. The smallest absolute Gasteiger partial charge is 0.223 e. The molecule has 0 aromatic carbocycles. The molecule has 0 aromatic rings. The molecule has 1 saturated carbocycles. The molecule has 1 amide bonds. The van der Waals surface area contributed by atoms with Crippen LogP contribution in [0.5, 0.6) is 0 Å². The molecule has 96 valence electrons. The van der Waals surface area contributed by atoms with Crippen LogP contribution in [0.25, 0.3) is 0 Å². The molecule has 1 aliphatic heterocycles. The van der Waals surface area contributed by atoms with Gasteiger partial charge in [0, 0.05) is 19.0 Å². The van der Waals surface area contributed by atoms with Crippen LogP contribution in [0.4, 0.5) is 0 Å². The Morgan fingerprint density at radius 2 is 2.18 bits per heavy atom. The third-order valence-corrected chi connectivity index (χ3v) is 4.03. The minimum Gasteiger partial charge on any atom is -0.352 e. The minimum absolute atomic E-state index is 0.272. The Morgan fingerprint density at radius 1 is 1.41 bits per heavy atom. The van der Waals surface area contributed by atoms with Crippen LogP contribution in [0.1, 0.15) is 39.0 Å². The van der Waals surface area contributed by atoms with E-state index in [2.05, 4.69) is 23.6 Å². The normalized spacial score (nSPS) is 29.6. The summed E-state index contributed by atoms with van der Waals surface area (Å²) in [5.74, 6) is 1.36. The van der Waals surface area contributed by atoms with Gasteiger partial charge < -0.3 is 10.6 Å². The van der Waals surface area contributed by atoms with E-state index in [0.29, 0.717) is 0 Å². The zero-order chi connectivity index (χ0) is 12.1. The van der Waals surface area contributed by atoms with Crippen LogP contribution in [-0.2, 0) is 4.79 Å². The maximum atomic E-state index is 12.0. The monoisotopic (exact) mass is 236 g/mol. The van der Waals surface area contributed by atoms with Crippen LogP contribution in [0, 0.1) is 11.8 Å². The van der Waals surface area contributed by atoms with Crippen molar-refractivity contribution in [1.82, 2.24) is 10.6 Å². The molecular weight excluding hydrogens is 212 g/mol. The van der Waals surface area contributed by atoms with Crippen molar-refractivity contribution in [2.75, 3.05) is 19.6 Å². The summed E-state index contributed by atoms with van der Waals surface area (Å²) in [6.45, 7) is 5.04. The van der Waals surface area contributed by atoms with E-state index in [0.717, 1.165) is 44.8 Å². The summed E-state index contributed by atoms with van der Waals surface area (Å²) in [7, 11) is 0. The molecule has 1 heterocycles. The van der Waals surface area contributed by atoms with Crippen LogP contribution in [0.15, 0.2) is 11.6 Å². The molecule has 0 radical (unpaired) electrons. The van der Waals surface area contributed by atoms with Crippen LogP contribution in [0.2, 0.25) is 0 Å². The lowest BCUT2D eigenvalue weighted by Crippen LogP contribution is -2.35. The molecule has 2 aliphatic rings. The van der Waals surface area contributed by atoms with E-state index in [1.54, 1.807) is 0 Å². The first-order valence-corrected chi connectivity index (χ1v) is 6.92. The van der Waals surface area contributed by atoms with Gasteiger partial charge in [-0.05, 0) is 44.6 Å². The Balaban J connectivity index is 1.71. The summed E-state index contributed by atoms with van der Waals surface area (Å²) in [5.41, 5.74) is 1.38. The van der Waals surface area contributed by atoms with Gasteiger partial charge in [0.15, 0.2) is 0 Å². The van der Waals surface area contributed by atoms with Gasteiger partial charge in [0.05, 0.1) is 0 Å². The topological polar surface area (TPSA) is 41.1 Å². The van der Waals surface area contributed by atoms with Crippen molar-refractivity contribution in [2.45, 2.75) is 39.0 Å². The largest absolute Gasteiger partial charge is 0.352 e. The van der Waals surface area contributed by atoms with Crippen molar-refractivity contribution in [1.29, 1.82) is 0 Å². The van der Waals surface area contributed by atoms with Gasteiger partial charge >= 0.3 is 0 Å². The Bertz CT molecular complexity index is 291. The van der Waals surface area contributed by atoms with E-state index in [1.807, 2.05) is 0 Å². The van der Waals surface area contributed by atoms with Gasteiger partial charge in [-0.15, -0.1) is 0 Å². The van der Waals surface area contributed by atoms with Crippen molar-refractivity contribution < 1.29 is 4.79 Å². The van der Waals surface area contributed by atoms with Gasteiger partial charge in [0.1, 0.15) is 0 Å². The predicted molar refractivity (Wildman–Crippen MR) is 69.7 cm³/mol. The summed E-state index contributed by atoms with van der Waals surface area (Å²) in [5, 5.41) is 6.38. The highest BCUT2D eigenvalue weighted by atomic mass is 16.1. The van der Waals surface area contributed by atoms with E-state index < -0.39 is 0 Å². The summed E-state index contributed by atoms with van der Waals surface area (Å²) < 4.78 is 0. The van der Waals surface area contributed by atoms with Crippen molar-refractivity contribution in [3.8, 4) is 0 Å².